The van der Waals surface area contributed by atoms with Crippen LogP contribution in [0.3, 0.4) is 0 Å². The van der Waals surface area contributed by atoms with Crippen LogP contribution in [0.5, 0.6) is 0 Å². The van der Waals surface area contributed by atoms with E-state index in [1.807, 2.05) is 34.1 Å². The zero-order valence-electron chi connectivity index (χ0n) is 14.6. The quantitative estimate of drug-likeness (QED) is 0.913. The Morgan fingerprint density at radius 3 is 2.60 bits per heavy atom. The average Bonchev–Trinajstić information content (AvgIpc) is 3.27. The first kappa shape index (κ1) is 16.1. The Labute approximate surface area is 147 Å². The van der Waals surface area contributed by atoms with Gasteiger partial charge in [-0.2, -0.15) is 0 Å². The maximum Gasteiger partial charge on any atom is 0.226 e. The highest BCUT2D eigenvalue weighted by Crippen LogP contribution is 2.34. The Kier molecular flexibility index (Phi) is 4.19. The first-order valence-electron chi connectivity index (χ1n) is 9.14. The number of nitrogens with zero attached hydrogens (tertiary/aromatic N) is 3. The summed E-state index contributed by atoms with van der Waals surface area (Å²) >= 11 is 0. The number of carbonyl (C=O) groups excluding carboxylic acids is 2. The maximum atomic E-state index is 13.1. The van der Waals surface area contributed by atoms with Crippen LogP contribution >= 0.6 is 0 Å². The lowest BCUT2D eigenvalue weighted by Crippen LogP contribution is -2.43. The van der Waals surface area contributed by atoms with E-state index in [4.69, 9.17) is 4.98 Å². The fourth-order valence-corrected chi connectivity index (χ4v) is 4.12. The number of para-hydroxylation sites is 2. The average molecular weight is 340 g/mol. The minimum Gasteiger partial charge on any atom is -0.343 e. The summed E-state index contributed by atoms with van der Waals surface area (Å²) in [7, 11) is 0. The summed E-state index contributed by atoms with van der Waals surface area (Å²) in [4.78, 5) is 36.5. The largest absolute Gasteiger partial charge is 0.343 e. The van der Waals surface area contributed by atoms with Crippen LogP contribution in [0.15, 0.2) is 24.3 Å². The molecule has 0 unspecified atom stereocenters. The number of carbonyl (C=O) groups is 2. The van der Waals surface area contributed by atoms with E-state index in [1.165, 1.54) is 0 Å². The number of benzene rings is 1. The standard InChI is InChI=1S/C19H24N4O2/c1-13(24)22-11-8-14(9-12-22)19(25)23-10-4-7-17(23)18-20-15-5-2-3-6-16(15)21-18/h2-3,5-6,14,17H,4,7-12H2,1H3,(H,20,21)/t17-/m1/s1. The number of aromatic amines is 1. The number of fused-ring (bicyclic) bond motifs is 1. The normalized spacial score (nSPS) is 21.9. The van der Waals surface area contributed by atoms with Crippen molar-refractivity contribution >= 4 is 22.8 Å². The number of amides is 2. The molecule has 2 aliphatic rings. The van der Waals surface area contributed by atoms with Crippen LogP contribution < -0.4 is 0 Å². The number of hydrogen-bond acceptors (Lipinski definition) is 3. The monoisotopic (exact) mass is 340 g/mol. The van der Waals surface area contributed by atoms with Crippen molar-refractivity contribution in [2.24, 2.45) is 5.92 Å². The molecule has 0 radical (unpaired) electrons. The molecule has 0 spiro atoms. The second-order valence-electron chi connectivity index (χ2n) is 7.11. The van der Waals surface area contributed by atoms with Crippen molar-refractivity contribution in [1.82, 2.24) is 19.8 Å². The number of piperidine rings is 1. The fraction of sp³-hybridized carbons (Fsp3) is 0.526. The summed E-state index contributed by atoms with van der Waals surface area (Å²) in [5, 5.41) is 0. The molecule has 2 saturated heterocycles. The molecule has 2 aromatic rings. The molecule has 2 aliphatic heterocycles. The van der Waals surface area contributed by atoms with Crippen LogP contribution in [0.25, 0.3) is 11.0 Å². The van der Waals surface area contributed by atoms with Gasteiger partial charge in [-0.3, -0.25) is 9.59 Å². The summed E-state index contributed by atoms with van der Waals surface area (Å²) in [6.45, 7) is 3.78. The SMILES string of the molecule is CC(=O)N1CCC(C(=O)N2CCC[C@@H]2c2nc3ccccc3[nH]2)CC1. The number of rotatable bonds is 2. The molecular weight excluding hydrogens is 316 g/mol. The van der Waals surface area contributed by atoms with Crippen molar-refractivity contribution in [3.63, 3.8) is 0 Å². The maximum absolute atomic E-state index is 13.1. The first-order valence-corrected chi connectivity index (χ1v) is 9.14. The highest BCUT2D eigenvalue weighted by molar-refractivity contribution is 5.81. The number of H-pyrrole nitrogens is 1. The Morgan fingerprint density at radius 2 is 1.88 bits per heavy atom. The molecule has 2 amide bonds. The van der Waals surface area contributed by atoms with E-state index in [9.17, 15) is 9.59 Å². The highest BCUT2D eigenvalue weighted by atomic mass is 16.2. The Balaban J connectivity index is 1.49. The third-order valence-electron chi connectivity index (χ3n) is 5.55. The van der Waals surface area contributed by atoms with Gasteiger partial charge in [-0.05, 0) is 37.8 Å². The minimum absolute atomic E-state index is 0.0283. The van der Waals surface area contributed by atoms with E-state index in [-0.39, 0.29) is 23.8 Å². The molecule has 4 rings (SSSR count). The van der Waals surface area contributed by atoms with E-state index in [1.54, 1.807) is 6.92 Å². The molecule has 0 aliphatic carbocycles. The van der Waals surface area contributed by atoms with Crippen LogP contribution in [0.1, 0.15) is 44.5 Å². The lowest BCUT2D eigenvalue weighted by atomic mass is 9.95. The molecule has 2 fully saturated rings. The van der Waals surface area contributed by atoms with Gasteiger partial charge in [0.15, 0.2) is 0 Å². The molecule has 6 nitrogen and oxygen atoms in total. The van der Waals surface area contributed by atoms with Gasteiger partial charge in [0.05, 0.1) is 17.1 Å². The molecule has 132 valence electrons. The first-order chi connectivity index (χ1) is 12.1. The van der Waals surface area contributed by atoms with Crippen LogP contribution in [-0.2, 0) is 9.59 Å². The van der Waals surface area contributed by atoms with Crippen molar-refractivity contribution < 1.29 is 9.59 Å². The van der Waals surface area contributed by atoms with Crippen molar-refractivity contribution in [1.29, 1.82) is 0 Å². The molecule has 25 heavy (non-hydrogen) atoms. The lowest BCUT2D eigenvalue weighted by molar-refractivity contribution is -0.141. The van der Waals surface area contributed by atoms with Gasteiger partial charge in [-0.25, -0.2) is 4.98 Å². The predicted octanol–water partition coefficient (Wildman–Crippen LogP) is 2.48. The number of aromatic nitrogens is 2. The number of imidazole rings is 1. The van der Waals surface area contributed by atoms with E-state index >= 15 is 0 Å². The third kappa shape index (κ3) is 3.01. The van der Waals surface area contributed by atoms with Gasteiger partial charge in [-0.15, -0.1) is 0 Å². The molecule has 1 aromatic carbocycles. The predicted molar refractivity (Wildman–Crippen MR) is 94.8 cm³/mol. The van der Waals surface area contributed by atoms with Crippen LogP contribution in [0.2, 0.25) is 0 Å². The van der Waals surface area contributed by atoms with Gasteiger partial charge in [0, 0.05) is 32.5 Å². The Morgan fingerprint density at radius 1 is 1.12 bits per heavy atom. The Hall–Kier alpha value is -2.37. The van der Waals surface area contributed by atoms with E-state index in [2.05, 4.69) is 4.98 Å². The minimum atomic E-state index is 0.0283. The Bertz CT molecular complexity index is 759. The molecule has 0 saturated carbocycles. The van der Waals surface area contributed by atoms with Gasteiger partial charge in [-0.1, -0.05) is 12.1 Å². The summed E-state index contributed by atoms with van der Waals surface area (Å²) in [5.74, 6) is 1.26. The summed E-state index contributed by atoms with van der Waals surface area (Å²) in [5.41, 5.74) is 1.97. The molecular formula is C19H24N4O2. The van der Waals surface area contributed by atoms with Crippen molar-refractivity contribution in [2.75, 3.05) is 19.6 Å². The van der Waals surface area contributed by atoms with Crippen molar-refractivity contribution in [3.05, 3.63) is 30.1 Å². The third-order valence-corrected chi connectivity index (χ3v) is 5.55. The fourth-order valence-electron chi connectivity index (χ4n) is 4.12. The van der Waals surface area contributed by atoms with Crippen molar-refractivity contribution in [3.8, 4) is 0 Å². The smallest absolute Gasteiger partial charge is 0.226 e. The van der Waals surface area contributed by atoms with Gasteiger partial charge in [0.25, 0.3) is 0 Å². The zero-order valence-corrected chi connectivity index (χ0v) is 14.6. The van der Waals surface area contributed by atoms with Gasteiger partial charge in [0.1, 0.15) is 5.82 Å². The topological polar surface area (TPSA) is 69.3 Å². The van der Waals surface area contributed by atoms with Gasteiger partial charge in [0.2, 0.25) is 11.8 Å². The highest BCUT2D eigenvalue weighted by Gasteiger charge is 2.36. The van der Waals surface area contributed by atoms with Crippen LogP contribution in [0.4, 0.5) is 0 Å². The lowest BCUT2D eigenvalue weighted by Gasteiger charge is -2.34. The molecule has 0 bridgehead atoms. The van der Waals surface area contributed by atoms with E-state index in [0.29, 0.717) is 13.1 Å². The van der Waals surface area contributed by atoms with Gasteiger partial charge < -0.3 is 14.8 Å². The number of likely N-dealkylation sites (tertiary alicyclic amines) is 2. The second-order valence-corrected chi connectivity index (χ2v) is 7.11. The summed E-state index contributed by atoms with van der Waals surface area (Å²) in [6.07, 6.45) is 3.50. The molecule has 1 N–H and O–H groups in total. The van der Waals surface area contributed by atoms with Crippen LogP contribution in [-0.4, -0.2) is 51.2 Å². The van der Waals surface area contributed by atoms with E-state index in [0.717, 1.165) is 49.1 Å². The molecule has 6 heteroatoms. The number of nitrogens with one attached hydrogen (secondary N) is 1. The summed E-state index contributed by atoms with van der Waals surface area (Å²) in [6, 6.07) is 8.03. The zero-order chi connectivity index (χ0) is 17.4. The molecule has 1 aromatic heterocycles. The summed E-state index contributed by atoms with van der Waals surface area (Å²) < 4.78 is 0. The van der Waals surface area contributed by atoms with Gasteiger partial charge >= 0.3 is 0 Å². The van der Waals surface area contributed by atoms with Crippen LogP contribution in [0, 0.1) is 5.92 Å². The second kappa shape index (κ2) is 6.50. The van der Waals surface area contributed by atoms with E-state index < -0.39 is 0 Å². The molecule has 3 heterocycles. The molecule has 1 atom stereocenters. The number of hydrogen-bond donors (Lipinski definition) is 1. The van der Waals surface area contributed by atoms with Crippen molar-refractivity contribution in [2.45, 2.75) is 38.6 Å².